The van der Waals surface area contributed by atoms with Gasteiger partial charge < -0.3 is 15.0 Å². The third kappa shape index (κ3) is 5.57. The Labute approximate surface area is 208 Å². The maximum atomic E-state index is 13.3. The first-order valence-corrected chi connectivity index (χ1v) is 12.8. The second kappa shape index (κ2) is 11.0. The molecule has 2 heterocycles. The van der Waals surface area contributed by atoms with E-state index in [1.165, 1.54) is 11.8 Å². The Kier molecular flexibility index (Phi) is 7.87. The van der Waals surface area contributed by atoms with Crippen LogP contribution in [0.5, 0.6) is 5.75 Å². The number of nitrogens with zero attached hydrogens (tertiary/aromatic N) is 3. The molecule has 35 heavy (non-hydrogen) atoms. The number of nitrogens with one attached hydrogen (secondary N) is 1. The van der Waals surface area contributed by atoms with E-state index >= 15 is 0 Å². The number of thioether (sulfide) groups is 1. The van der Waals surface area contributed by atoms with Gasteiger partial charge in [-0.1, -0.05) is 37.7 Å². The number of Topliss-reactive ketones (excluding diaryl/α,β-unsaturated/α-hetero) is 1. The van der Waals surface area contributed by atoms with Crippen LogP contribution in [0.3, 0.4) is 0 Å². The summed E-state index contributed by atoms with van der Waals surface area (Å²) >= 11 is 1.28. The summed E-state index contributed by atoms with van der Waals surface area (Å²) in [4.78, 5) is 45.3. The molecule has 9 heteroatoms. The van der Waals surface area contributed by atoms with Gasteiger partial charge in [-0.25, -0.2) is 4.98 Å². The monoisotopic (exact) mass is 494 g/mol. The molecule has 184 valence electrons. The first kappa shape index (κ1) is 24.9. The molecule has 1 aliphatic rings. The fraction of sp³-hybridized carbons (Fsp3) is 0.385. The molecule has 1 atom stereocenters. The number of hydrogen-bond donors (Lipinski definition) is 1. The number of amides is 1. The fourth-order valence-corrected chi connectivity index (χ4v) is 5.12. The lowest BCUT2D eigenvalue weighted by Crippen LogP contribution is -2.29. The van der Waals surface area contributed by atoms with Gasteiger partial charge in [0.1, 0.15) is 5.75 Å². The summed E-state index contributed by atoms with van der Waals surface area (Å²) in [6.07, 6.45) is 0.808. The quantitative estimate of drug-likeness (QED) is 0.260. The van der Waals surface area contributed by atoms with Crippen molar-refractivity contribution in [3.63, 3.8) is 0 Å². The molecular weight excluding hydrogens is 464 g/mol. The van der Waals surface area contributed by atoms with Gasteiger partial charge in [0.05, 0.1) is 21.8 Å². The van der Waals surface area contributed by atoms with E-state index in [4.69, 9.17) is 9.72 Å². The van der Waals surface area contributed by atoms with E-state index in [-0.39, 0.29) is 23.9 Å². The SMILES string of the molecule is CCN(CC)CCCn1c(SC(C)C(=O)c2ccc3c(c2)NC(=O)CO3)nc2ccccc2c1=O. The van der Waals surface area contributed by atoms with Crippen molar-refractivity contribution in [3.05, 3.63) is 58.4 Å². The summed E-state index contributed by atoms with van der Waals surface area (Å²) < 4.78 is 7.08. The van der Waals surface area contributed by atoms with Gasteiger partial charge in [0.15, 0.2) is 17.5 Å². The number of hydrogen-bond acceptors (Lipinski definition) is 7. The first-order valence-electron chi connectivity index (χ1n) is 11.9. The molecule has 1 amide bonds. The zero-order chi connectivity index (χ0) is 24.9. The first-order chi connectivity index (χ1) is 16.9. The number of fused-ring (bicyclic) bond motifs is 2. The Morgan fingerprint density at radius 1 is 1.20 bits per heavy atom. The molecule has 4 rings (SSSR count). The minimum atomic E-state index is -0.490. The van der Waals surface area contributed by atoms with Gasteiger partial charge in [-0.3, -0.25) is 19.0 Å². The maximum absolute atomic E-state index is 13.3. The van der Waals surface area contributed by atoms with Crippen LogP contribution in [0.25, 0.3) is 10.9 Å². The van der Waals surface area contributed by atoms with Crippen molar-refractivity contribution in [1.82, 2.24) is 14.5 Å². The number of ketones is 1. The molecule has 0 aliphatic carbocycles. The fourth-order valence-electron chi connectivity index (χ4n) is 4.11. The Hall–Kier alpha value is -3.17. The summed E-state index contributed by atoms with van der Waals surface area (Å²) in [5.41, 5.74) is 1.48. The summed E-state index contributed by atoms with van der Waals surface area (Å²) in [5, 5.41) is 3.35. The number of benzene rings is 2. The summed E-state index contributed by atoms with van der Waals surface area (Å²) in [7, 11) is 0. The van der Waals surface area contributed by atoms with Crippen molar-refractivity contribution in [1.29, 1.82) is 0 Å². The van der Waals surface area contributed by atoms with Crippen LogP contribution in [0.4, 0.5) is 5.69 Å². The maximum Gasteiger partial charge on any atom is 0.262 e. The minimum absolute atomic E-state index is 0.0357. The van der Waals surface area contributed by atoms with E-state index in [2.05, 4.69) is 24.1 Å². The van der Waals surface area contributed by atoms with Crippen molar-refractivity contribution in [2.75, 3.05) is 31.6 Å². The molecule has 1 N–H and O–H groups in total. The molecule has 1 unspecified atom stereocenters. The van der Waals surface area contributed by atoms with Crippen molar-refractivity contribution in [3.8, 4) is 5.75 Å². The van der Waals surface area contributed by atoms with Gasteiger partial charge in [-0.05, 0) is 63.3 Å². The van der Waals surface area contributed by atoms with Crippen LogP contribution in [0.15, 0.2) is 52.4 Å². The second-order valence-corrected chi connectivity index (χ2v) is 9.73. The number of ether oxygens (including phenoxy) is 1. The summed E-state index contributed by atoms with van der Waals surface area (Å²) in [6, 6.07) is 12.3. The Morgan fingerprint density at radius 3 is 2.74 bits per heavy atom. The number of carbonyl (C=O) groups excluding carboxylic acids is 2. The minimum Gasteiger partial charge on any atom is -0.482 e. The van der Waals surface area contributed by atoms with Gasteiger partial charge in [0, 0.05) is 12.1 Å². The van der Waals surface area contributed by atoms with Crippen LogP contribution >= 0.6 is 11.8 Å². The predicted octanol–water partition coefficient (Wildman–Crippen LogP) is 3.82. The van der Waals surface area contributed by atoms with E-state index in [9.17, 15) is 14.4 Å². The topological polar surface area (TPSA) is 93.5 Å². The highest BCUT2D eigenvalue weighted by molar-refractivity contribution is 8.00. The predicted molar refractivity (Wildman–Crippen MR) is 139 cm³/mol. The van der Waals surface area contributed by atoms with Crippen LogP contribution in [-0.2, 0) is 11.3 Å². The van der Waals surface area contributed by atoms with E-state index in [1.807, 2.05) is 25.1 Å². The van der Waals surface area contributed by atoms with Crippen LogP contribution in [0.2, 0.25) is 0 Å². The van der Waals surface area contributed by atoms with Gasteiger partial charge >= 0.3 is 0 Å². The zero-order valence-corrected chi connectivity index (χ0v) is 21.1. The molecule has 0 spiro atoms. The zero-order valence-electron chi connectivity index (χ0n) is 20.2. The largest absolute Gasteiger partial charge is 0.482 e. The molecular formula is C26H30N4O4S. The van der Waals surface area contributed by atoms with Crippen molar-refractivity contribution in [2.24, 2.45) is 0 Å². The van der Waals surface area contributed by atoms with Gasteiger partial charge in [0.25, 0.3) is 11.5 Å². The highest BCUT2D eigenvalue weighted by Gasteiger charge is 2.23. The normalized spacial score (nSPS) is 13.9. The Morgan fingerprint density at radius 2 is 1.97 bits per heavy atom. The van der Waals surface area contributed by atoms with Gasteiger partial charge in [-0.15, -0.1) is 0 Å². The van der Waals surface area contributed by atoms with Gasteiger partial charge in [0.2, 0.25) is 0 Å². The number of para-hydroxylation sites is 1. The molecule has 0 radical (unpaired) electrons. The lowest BCUT2D eigenvalue weighted by Gasteiger charge is -2.20. The van der Waals surface area contributed by atoms with E-state index < -0.39 is 5.25 Å². The molecule has 1 aliphatic heterocycles. The molecule has 3 aromatic rings. The second-order valence-electron chi connectivity index (χ2n) is 8.42. The van der Waals surface area contributed by atoms with Crippen molar-refractivity contribution < 1.29 is 14.3 Å². The molecule has 8 nitrogen and oxygen atoms in total. The molecule has 1 aromatic heterocycles. The lowest BCUT2D eigenvalue weighted by molar-refractivity contribution is -0.118. The smallest absolute Gasteiger partial charge is 0.262 e. The summed E-state index contributed by atoms with van der Waals surface area (Å²) in [6.45, 7) is 9.35. The highest BCUT2D eigenvalue weighted by Crippen LogP contribution is 2.31. The van der Waals surface area contributed by atoms with Crippen LogP contribution in [0, 0.1) is 0 Å². The standard InChI is InChI=1S/C26H30N4O4S/c1-4-29(5-2)13-8-14-30-25(33)19-9-6-7-10-20(19)28-26(30)35-17(3)24(32)18-11-12-22-21(15-18)27-23(31)16-34-22/h6-7,9-12,15,17H,4-5,8,13-14,16H2,1-3H3,(H,27,31). The van der Waals surface area contributed by atoms with E-state index in [0.717, 1.165) is 26.1 Å². The number of rotatable bonds is 10. The third-order valence-electron chi connectivity index (χ3n) is 6.13. The number of carbonyl (C=O) groups is 2. The van der Waals surface area contributed by atoms with Crippen LogP contribution < -0.4 is 15.6 Å². The molecule has 2 aromatic carbocycles. The van der Waals surface area contributed by atoms with Crippen molar-refractivity contribution in [2.45, 2.75) is 44.1 Å². The average Bonchev–Trinajstić information content (AvgIpc) is 2.87. The Bertz CT molecular complexity index is 1300. The third-order valence-corrected chi connectivity index (χ3v) is 7.22. The average molecular weight is 495 g/mol. The number of aromatic nitrogens is 2. The van der Waals surface area contributed by atoms with Crippen LogP contribution in [0.1, 0.15) is 37.6 Å². The Balaban J connectivity index is 1.59. The molecule has 0 saturated carbocycles. The van der Waals surface area contributed by atoms with Gasteiger partial charge in [-0.2, -0.15) is 0 Å². The lowest BCUT2D eigenvalue weighted by atomic mass is 10.1. The molecule has 0 saturated heterocycles. The summed E-state index contributed by atoms with van der Waals surface area (Å²) in [5.74, 6) is 0.174. The highest BCUT2D eigenvalue weighted by atomic mass is 32.2. The van der Waals surface area contributed by atoms with Crippen LogP contribution in [-0.4, -0.2) is 57.6 Å². The van der Waals surface area contributed by atoms with Crippen molar-refractivity contribution >= 4 is 40.0 Å². The molecule has 0 fully saturated rings. The van der Waals surface area contributed by atoms with E-state index in [1.54, 1.807) is 28.8 Å². The molecule has 0 bridgehead atoms. The van der Waals surface area contributed by atoms with E-state index in [0.29, 0.717) is 39.6 Å². The number of anilines is 1.